The predicted octanol–water partition coefficient (Wildman–Crippen LogP) is 3.21. The lowest BCUT2D eigenvalue weighted by Crippen LogP contribution is -2.11. The molecule has 86 valence electrons. The number of nitrogens with two attached hydrogens (primary N) is 1. The van der Waals surface area contributed by atoms with Gasteiger partial charge < -0.3 is 5.73 Å². The number of benzene rings is 2. The molecule has 0 spiro atoms. The van der Waals surface area contributed by atoms with Crippen LogP contribution in [0.1, 0.15) is 22.6 Å². The van der Waals surface area contributed by atoms with Gasteiger partial charge in [-0.15, -0.1) is 0 Å². The monoisotopic (exact) mass is 227 g/mol. The molecule has 2 aromatic carbocycles. The average molecular weight is 227 g/mol. The molecule has 0 amide bonds. The summed E-state index contributed by atoms with van der Waals surface area (Å²) < 4.78 is 13.3. The van der Waals surface area contributed by atoms with Gasteiger partial charge in [0.15, 0.2) is 0 Å². The van der Waals surface area contributed by atoms with Gasteiger partial charge in [-0.25, -0.2) is 4.39 Å². The van der Waals surface area contributed by atoms with Crippen molar-refractivity contribution in [1.82, 2.24) is 0 Å². The Kier molecular flexibility index (Phi) is 2.26. The van der Waals surface area contributed by atoms with E-state index in [1.54, 1.807) is 6.07 Å². The van der Waals surface area contributed by atoms with E-state index >= 15 is 0 Å². The van der Waals surface area contributed by atoms with Crippen molar-refractivity contribution in [3.63, 3.8) is 0 Å². The van der Waals surface area contributed by atoms with Gasteiger partial charge in [-0.3, -0.25) is 0 Å². The van der Waals surface area contributed by atoms with Crippen LogP contribution in [0.3, 0.4) is 0 Å². The first-order valence-electron chi connectivity index (χ1n) is 5.81. The zero-order valence-corrected chi connectivity index (χ0v) is 9.70. The molecule has 0 fully saturated rings. The van der Waals surface area contributed by atoms with E-state index in [0.717, 1.165) is 11.1 Å². The number of halogens is 1. The SMILES string of the molecule is Cc1ccc2c(c1)C(CN)c1cc(F)ccc1-2. The quantitative estimate of drug-likeness (QED) is 0.795. The van der Waals surface area contributed by atoms with E-state index in [1.165, 1.54) is 22.8 Å². The largest absolute Gasteiger partial charge is 0.330 e. The minimum absolute atomic E-state index is 0.135. The first-order valence-corrected chi connectivity index (χ1v) is 5.81. The Morgan fingerprint density at radius 3 is 2.41 bits per heavy atom. The number of hydrogen-bond donors (Lipinski definition) is 1. The fourth-order valence-corrected chi connectivity index (χ4v) is 2.70. The normalized spacial score (nSPS) is 16.8. The second-order valence-electron chi connectivity index (χ2n) is 4.61. The molecular weight excluding hydrogens is 213 g/mol. The van der Waals surface area contributed by atoms with Crippen LogP contribution in [0.2, 0.25) is 0 Å². The molecule has 0 aliphatic heterocycles. The molecule has 0 saturated carbocycles. The van der Waals surface area contributed by atoms with E-state index in [1.807, 2.05) is 6.07 Å². The van der Waals surface area contributed by atoms with E-state index in [4.69, 9.17) is 5.73 Å². The fourth-order valence-electron chi connectivity index (χ4n) is 2.70. The van der Waals surface area contributed by atoms with Crippen molar-refractivity contribution < 1.29 is 4.39 Å². The maximum Gasteiger partial charge on any atom is 0.123 e. The van der Waals surface area contributed by atoms with Crippen LogP contribution < -0.4 is 5.73 Å². The molecule has 1 nitrogen and oxygen atoms in total. The highest BCUT2D eigenvalue weighted by Gasteiger charge is 2.27. The standard InChI is InChI=1S/C15H14FN/c1-9-2-4-11-12-5-3-10(16)7-14(12)15(8-17)13(11)6-9/h2-7,15H,8,17H2,1H3. The lowest BCUT2D eigenvalue weighted by Gasteiger charge is -2.10. The van der Waals surface area contributed by atoms with Crippen LogP contribution in [0.4, 0.5) is 4.39 Å². The molecule has 1 aliphatic rings. The molecule has 0 saturated heterocycles. The maximum absolute atomic E-state index is 13.3. The molecular formula is C15H14FN. The Labute approximate surface area is 100 Å². The van der Waals surface area contributed by atoms with Crippen LogP contribution in [-0.2, 0) is 0 Å². The summed E-state index contributed by atoms with van der Waals surface area (Å²) in [5.41, 5.74) is 11.6. The van der Waals surface area contributed by atoms with Crippen LogP contribution in [0.25, 0.3) is 11.1 Å². The highest BCUT2D eigenvalue weighted by atomic mass is 19.1. The zero-order valence-electron chi connectivity index (χ0n) is 9.70. The van der Waals surface area contributed by atoms with Crippen molar-refractivity contribution in [2.75, 3.05) is 6.54 Å². The van der Waals surface area contributed by atoms with Crippen molar-refractivity contribution in [1.29, 1.82) is 0 Å². The molecule has 1 atom stereocenters. The molecule has 0 aromatic heterocycles. The van der Waals surface area contributed by atoms with Gasteiger partial charge in [-0.2, -0.15) is 0 Å². The fraction of sp³-hybridized carbons (Fsp3) is 0.200. The molecule has 1 unspecified atom stereocenters. The van der Waals surface area contributed by atoms with E-state index < -0.39 is 0 Å². The summed E-state index contributed by atoms with van der Waals surface area (Å²) in [6, 6.07) is 11.3. The van der Waals surface area contributed by atoms with Gasteiger partial charge in [0.25, 0.3) is 0 Å². The molecule has 0 bridgehead atoms. The van der Waals surface area contributed by atoms with Gasteiger partial charge in [0, 0.05) is 12.5 Å². The van der Waals surface area contributed by atoms with Crippen LogP contribution in [-0.4, -0.2) is 6.54 Å². The summed E-state index contributed by atoms with van der Waals surface area (Å²) in [4.78, 5) is 0. The van der Waals surface area contributed by atoms with Gasteiger partial charge in [0.1, 0.15) is 5.82 Å². The van der Waals surface area contributed by atoms with Crippen molar-refractivity contribution >= 4 is 0 Å². The Hall–Kier alpha value is -1.67. The van der Waals surface area contributed by atoms with Crippen molar-refractivity contribution in [2.45, 2.75) is 12.8 Å². The van der Waals surface area contributed by atoms with E-state index in [-0.39, 0.29) is 11.7 Å². The maximum atomic E-state index is 13.3. The van der Waals surface area contributed by atoms with Gasteiger partial charge in [0.05, 0.1) is 0 Å². The predicted molar refractivity (Wildman–Crippen MR) is 67.5 cm³/mol. The molecule has 3 rings (SSSR count). The van der Waals surface area contributed by atoms with Gasteiger partial charge in [-0.1, -0.05) is 29.8 Å². The minimum Gasteiger partial charge on any atom is -0.330 e. The number of hydrogen-bond acceptors (Lipinski definition) is 1. The lowest BCUT2D eigenvalue weighted by atomic mass is 9.96. The molecule has 0 radical (unpaired) electrons. The Balaban J connectivity index is 2.28. The lowest BCUT2D eigenvalue weighted by molar-refractivity contribution is 0.624. The molecule has 2 heteroatoms. The smallest absolute Gasteiger partial charge is 0.123 e. The van der Waals surface area contributed by atoms with Crippen molar-refractivity contribution in [3.05, 3.63) is 58.9 Å². The summed E-state index contributed by atoms with van der Waals surface area (Å²) in [7, 11) is 0. The van der Waals surface area contributed by atoms with Crippen LogP contribution >= 0.6 is 0 Å². The van der Waals surface area contributed by atoms with E-state index in [0.29, 0.717) is 6.54 Å². The Morgan fingerprint density at radius 2 is 1.71 bits per heavy atom. The number of rotatable bonds is 1. The highest BCUT2D eigenvalue weighted by molar-refractivity contribution is 5.79. The molecule has 1 aliphatic carbocycles. The number of fused-ring (bicyclic) bond motifs is 3. The molecule has 0 heterocycles. The topological polar surface area (TPSA) is 26.0 Å². The van der Waals surface area contributed by atoms with Crippen LogP contribution in [0.15, 0.2) is 36.4 Å². The second-order valence-corrected chi connectivity index (χ2v) is 4.61. The molecule has 2 aromatic rings. The van der Waals surface area contributed by atoms with E-state index in [2.05, 4.69) is 25.1 Å². The van der Waals surface area contributed by atoms with Crippen molar-refractivity contribution in [2.24, 2.45) is 5.73 Å². The third-order valence-corrected chi connectivity index (χ3v) is 3.50. The summed E-state index contributed by atoms with van der Waals surface area (Å²) >= 11 is 0. The van der Waals surface area contributed by atoms with Gasteiger partial charge >= 0.3 is 0 Å². The summed E-state index contributed by atoms with van der Waals surface area (Å²) in [6.45, 7) is 2.59. The average Bonchev–Trinajstić information content (AvgIpc) is 2.60. The molecule has 17 heavy (non-hydrogen) atoms. The zero-order chi connectivity index (χ0) is 12.0. The minimum atomic E-state index is -0.188. The van der Waals surface area contributed by atoms with Crippen LogP contribution in [0.5, 0.6) is 0 Å². The highest BCUT2D eigenvalue weighted by Crippen LogP contribution is 2.44. The molecule has 2 N–H and O–H groups in total. The summed E-state index contributed by atoms with van der Waals surface area (Å²) in [5, 5.41) is 0. The van der Waals surface area contributed by atoms with Crippen molar-refractivity contribution in [3.8, 4) is 11.1 Å². The van der Waals surface area contributed by atoms with Crippen LogP contribution in [0, 0.1) is 12.7 Å². The number of aryl methyl sites for hydroxylation is 1. The summed E-state index contributed by atoms with van der Waals surface area (Å²) in [6.07, 6.45) is 0. The first-order chi connectivity index (χ1) is 8.20. The van der Waals surface area contributed by atoms with E-state index in [9.17, 15) is 4.39 Å². The van der Waals surface area contributed by atoms with Gasteiger partial charge in [-0.05, 0) is 41.3 Å². The van der Waals surface area contributed by atoms with Gasteiger partial charge in [0.2, 0.25) is 0 Å². The Bertz CT molecular complexity index is 538. The Morgan fingerprint density at radius 1 is 1.06 bits per heavy atom. The first kappa shape index (κ1) is 10.5. The second kappa shape index (κ2) is 3.67. The third kappa shape index (κ3) is 1.48. The summed E-state index contributed by atoms with van der Waals surface area (Å²) in [5.74, 6) is -0.0534. The third-order valence-electron chi connectivity index (χ3n) is 3.50.